The highest BCUT2D eigenvalue weighted by Gasteiger charge is 2.13. The molecule has 0 saturated heterocycles. The Morgan fingerprint density at radius 1 is 1.15 bits per heavy atom. The van der Waals surface area contributed by atoms with Crippen molar-refractivity contribution in [3.05, 3.63) is 64.7 Å². The van der Waals surface area contributed by atoms with Gasteiger partial charge in [-0.3, -0.25) is 4.79 Å². The molecule has 2 aromatic rings. The van der Waals surface area contributed by atoms with Crippen LogP contribution in [0.15, 0.2) is 48.5 Å². The molecule has 2 rings (SSSR count). The van der Waals surface area contributed by atoms with Crippen LogP contribution in [0.25, 0.3) is 0 Å². The maximum absolute atomic E-state index is 12.4. The number of para-hydroxylation sites is 1. The number of hydrogen-bond donors (Lipinski definition) is 0. The quantitative estimate of drug-likeness (QED) is 0.754. The summed E-state index contributed by atoms with van der Waals surface area (Å²) in [6.07, 6.45) is 0.356. The van der Waals surface area contributed by atoms with Crippen LogP contribution >= 0.6 is 11.6 Å². The monoisotopic (exact) mass is 288 g/mol. The first-order chi connectivity index (χ1) is 9.56. The van der Waals surface area contributed by atoms with Crippen LogP contribution < -0.4 is 4.74 Å². The molecule has 3 heteroatoms. The summed E-state index contributed by atoms with van der Waals surface area (Å²) in [6.45, 7) is 3.89. The Morgan fingerprint density at radius 3 is 2.60 bits per heavy atom. The molecular weight excluding hydrogens is 272 g/mol. The molecule has 20 heavy (non-hydrogen) atoms. The molecule has 0 unspecified atom stereocenters. The Morgan fingerprint density at radius 2 is 1.90 bits per heavy atom. The lowest BCUT2D eigenvalue weighted by Gasteiger charge is -2.13. The standard InChI is InChI=1S/C17H17ClO2/c1-12(2)20-17-9-4-3-8-15(17)16(19)11-13-6-5-7-14(18)10-13/h3-10,12H,11H2,1-2H3. The van der Waals surface area contributed by atoms with Gasteiger partial charge in [0.15, 0.2) is 5.78 Å². The largest absolute Gasteiger partial charge is 0.490 e. The summed E-state index contributed by atoms with van der Waals surface area (Å²) in [7, 11) is 0. The smallest absolute Gasteiger partial charge is 0.170 e. The zero-order valence-electron chi connectivity index (χ0n) is 11.6. The Labute approximate surface area is 124 Å². The Bertz CT molecular complexity index is 605. The van der Waals surface area contributed by atoms with Crippen molar-refractivity contribution in [3.8, 4) is 5.75 Å². The summed E-state index contributed by atoms with van der Waals surface area (Å²) in [6, 6.07) is 14.7. The Kier molecular flexibility index (Phi) is 4.80. The summed E-state index contributed by atoms with van der Waals surface area (Å²) >= 11 is 5.94. The third kappa shape index (κ3) is 3.84. The van der Waals surface area contributed by atoms with Gasteiger partial charge in [0.1, 0.15) is 5.75 Å². The van der Waals surface area contributed by atoms with Gasteiger partial charge in [-0.2, -0.15) is 0 Å². The maximum atomic E-state index is 12.4. The molecule has 2 nitrogen and oxygen atoms in total. The van der Waals surface area contributed by atoms with Gasteiger partial charge in [0, 0.05) is 11.4 Å². The van der Waals surface area contributed by atoms with Gasteiger partial charge in [-0.1, -0.05) is 35.9 Å². The SMILES string of the molecule is CC(C)Oc1ccccc1C(=O)Cc1cccc(Cl)c1. The van der Waals surface area contributed by atoms with Crippen molar-refractivity contribution in [2.45, 2.75) is 26.4 Å². The lowest BCUT2D eigenvalue weighted by Crippen LogP contribution is -2.11. The Balaban J connectivity index is 2.21. The molecule has 0 amide bonds. The molecule has 0 bridgehead atoms. The average molecular weight is 289 g/mol. The number of benzene rings is 2. The van der Waals surface area contributed by atoms with Crippen LogP contribution in [-0.2, 0) is 6.42 Å². The van der Waals surface area contributed by atoms with Crippen LogP contribution in [0.1, 0.15) is 29.8 Å². The lowest BCUT2D eigenvalue weighted by molar-refractivity contribution is 0.0987. The van der Waals surface area contributed by atoms with Crippen LogP contribution in [0.4, 0.5) is 0 Å². The van der Waals surface area contributed by atoms with E-state index in [0.717, 1.165) is 5.56 Å². The third-order valence-corrected chi connectivity index (χ3v) is 3.04. The van der Waals surface area contributed by atoms with E-state index < -0.39 is 0 Å². The summed E-state index contributed by atoms with van der Waals surface area (Å²) in [4.78, 5) is 12.4. The van der Waals surface area contributed by atoms with Gasteiger partial charge < -0.3 is 4.74 Å². The van der Waals surface area contributed by atoms with Crippen LogP contribution in [0.2, 0.25) is 5.02 Å². The minimum Gasteiger partial charge on any atom is -0.490 e. The van der Waals surface area contributed by atoms with E-state index in [0.29, 0.717) is 22.8 Å². The summed E-state index contributed by atoms with van der Waals surface area (Å²) in [5.41, 5.74) is 1.52. The second-order valence-electron chi connectivity index (χ2n) is 4.89. The molecular formula is C17H17ClO2. The van der Waals surface area contributed by atoms with Crippen molar-refractivity contribution in [2.75, 3.05) is 0 Å². The van der Waals surface area contributed by atoms with E-state index in [1.54, 1.807) is 12.1 Å². The highest BCUT2D eigenvalue weighted by molar-refractivity contribution is 6.30. The first-order valence-corrected chi connectivity index (χ1v) is 6.97. The maximum Gasteiger partial charge on any atom is 0.170 e. The molecule has 0 N–H and O–H groups in total. The van der Waals surface area contributed by atoms with Crippen LogP contribution in [-0.4, -0.2) is 11.9 Å². The van der Waals surface area contributed by atoms with E-state index in [9.17, 15) is 4.79 Å². The molecule has 0 aliphatic heterocycles. The fourth-order valence-electron chi connectivity index (χ4n) is 1.98. The van der Waals surface area contributed by atoms with Crippen molar-refractivity contribution >= 4 is 17.4 Å². The first-order valence-electron chi connectivity index (χ1n) is 6.59. The normalized spacial score (nSPS) is 10.6. The predicted octanol–water partition coefficient (Wildman–Crippen LogP) is 4.55. The van der Waals surface area contributed by atoms with E-state index in [1.165, 1.54) is 0 Å². The summed E-state index contributed by atoms with van der Waals surface area (Å²) in [5.74, 6) is 0.665. The van der Waals surface area contributed by atoms with Crippen molar-refractivity contribution in [1.29, 1.82) is 0 Å². The fraction of sp³-hybridized carbons (Fsp3) is 0.235. The predicted molar refractivity (Wildman–Crippen MR) is 81.7 cm³/mol. The van der Waals surface area contributed by atoms with Gasteiger partial charge in [0.25, 0.3) is 0 Å². The molecule has 0 heterocycles. The average Bonchev–Trinajstić information content (AvgIpc) is 2.38. The fourth-order valence-corrected chi connectivity index (χ4v) is 2.19. The molecule has 0 saturated carbocycles. The minimum atomic E-state index is 0.0310. The molecule has 0 atom stereocenters. The van der Waals surface area contributed by atoms with Gasteiger partial charge in [-0.25, -0.2) is 0 Å². The zero-order valence-corrected chi connectivity index (χ0v) is 12.4. The molecule has 104 valence electrons. The van der Waals surface area contributed by atoms with Crippen LogP contribution in [0.3, 0.4) is 0 Å². The minimum absolute atomic E-state index is 0.0310. The van der Waals surface area contributed by atoms with Crippen molar-refractivity contribution in [3.63, 3.8) is 0 Å². The van der Waals surface area contributed by atoms with E-state index in [1.807, 2.05) is 50.2 Å². The number of halogens is 1. The molecule has 0 spiro atoms. The van der Waals surface area contributed by atoms with Gasteiger partial charge in [0.2, 0.25) is 0 Å². The highest BCUT2D eigenvalue weighted by atomic mass is 35.5. The number of hydrogen-bond acceptors (Lipinski definition) is 2. The second kappa shape index (κ2) is 6.58. The van der Waals surface area contributed by atoms with E-state index >= 15 is 0 Å². The Hall–Kier alpha value is -1.80. The van der Waals surface area contributed by atoms with Gasteiger partial charge >= 0.3 is 0 Å². The van der Waals surface area contributed by atoms with Gasteiger partial charge in [-0.05, 0) is 43.7 Å². The third-order valence-electron chi connectivity index (χ3n) is 2.80. The van der Waals surface area contributed by atoms with E-state index in [4.69, 9.17) is 16.3 Å². The molecule has 0 radical (unpaired) electrons. The van der Waals surface area contributed by atoms with Crippen molar-refractivity contribution < 1.29 is 9.53 Å². The van der Waals surface area contributed by atoms with E-state index in [-0.39, 0.29) is 11.9 Å². The molecule has 0 aromatic heterocycles. The van der Waals surface area contributed by atoms with Crippen molar-refractivity contribution in [1.82, 2.24) is 0 Å². The van der Waals surface area contributed by atoms with Gasteiger partial charge in [-0.15, -0.1) is 0 Å². The first kappa shape index (κ1) is 14.6. The van der Waals surface area contributed by atoms with Crippen molar-refractivity contribution in [2.24, 2.45) is 0 Å². The van der Waals surface area contributed by atoms with Gasteiger partial charge in [0.05, 0.1) is 11.7 Å². The molecule has 0 fully saturated rings. The van der Waals surface area contributed by atoms with E-state index in [2.05, 4.69) is 0 Å². The summed E-state index contributed by atoms with van der Waals surface area (Å²) in [5, 5.41) is 0.641. The number of ether oxygens (including phenoxy) is 1. The number of rotatable bonds is 5. The molecule has 0 aliphatic rings. The number of carbonyl (C=O) groups excluding carboxylic acids is 1. The lowest BCUT2D eigenvalue weighted by atomic mass is 10.0. The number of Topliss-reactive ketones (excluding diaryl/α,β-unsaturated/α-hetero) is 1. The van der Waals surface area contributed by atoms with Crippen LogP contribution in [0.5, 0.6) is 5.75 Å². The second-order valence-corrected chi connectivity index (χ2v) is 5.33. The van der Waals surface area contributed by atoms with Crippen LogP contribution in [0, 0.1) is 0 Å². The highest BCUT2D eigenvalue weighted by Crippen LogP contribution is 2.22. The zero-order chi connectivity index (χ0) is 14.5. The topological polar surface area (TPSA) is 26.3 Å². The molecule has 0 aliphatic carbocycles. The number of ketones is 1. The summed E-state index contributed by atoms with van der Waals surface area (Å²) < 4.78 is 5.68. The number of carbonyl (C=O) groups is 1. The molecule has 2 aromatic carbocycles.